The maximum atomic E-state index is 5.55. The Bertz CT molecular complexity index is 561. The van der Waals surface area contributed by atoms with Crippen molar-refractivity contribution in [2.24, 2.45) is 4.99 Å². The lowest BCUT2D eigenvalue weighted by Crippen LogP contribution is -2.60. The highest BCUT2D eigenvalue weighted by molar-refractivity contribution is 5.79. The summed E-state index contributed by atoms with van der Waals surface area (Å²) in [7, 11) is 1.79. The maximum Gasteiger partial charge on any atom is 0.223 e. The molecular weight excluding hydrogens is 320 g/mol. The first kappa shape index (κ1) is 18.1. The van der Waals surface area contributed by atoms with Gasteiger partial charge in [0.25, 0.3) is 0 Å². The Morgan fingerprint density at radius 3 is 2.60 bits per heavy atom. The van der Waals surface area contributed by atoms with Crippen LogP contribution in [0.5, 0.6) is 0 Å². The molecule has 1 saturated carbocycles. The van der Waals surface area contributed by atoms with Crippen LogP contribution < -0.4 is 10.6 Å². The molecule has 1 aliphatic carbocycles. The van der Waals surface area contributed by atoms with Crippen LogP contribution in [0.25, 0.3) is 0 Å². The fourth-order valence-electron chi connectivity index (χ4n) is 3.90. The Labute approximate surface area is 149 Å². The Morgan fingerprint density at radius 1 is 1.20 bits per heavy atom. The second kappa shape index (κ2) is 8.62. The van der Waals surface area contributed by atoms with Gasteiger partial charge in [0.15, 0.2) is 11.8 Å². The molecule has 2 N–H and O–H groups in total. The predicted molar refractivity (Wildman–Crippen MR) is 95.4 cm³/mol. The van der Waals surface area contributed by atoms with E-state index in [1.54, 1.807) is 14.0 Å². The van der Waals surface area contributed by atoms with Gasteiger partial charge in [-0.15, -0.1) is 0 Å². The number of hydrogen-bond donors (Lipinski definition) is 2. The third-order valence-electron chi connectivity index (χ3n) is 5.26. The number of aromatic nitrogens is 2. The van der Waals surface area contributed by atoms with Gasteiger partial charge in [-0.05, 0) is 12.8 Å². The largest absolute Gasteiger partial charge is 0.379 e. The molecular formula is C17H30N6O2. The molecule has 1 aliphatic heterocycles. The van der Waals surface area contributed by atoms with E-state index in [2.05, 4.69) is 30.7 Å². The van der Waals surface area contributed by atoms with Crippen molar-refractivity contribution < 1.29 is 9.26 Å². The van der Waals surface area contributed by atoms with Gasteiger partial charge in [-0.1, -0.05) is 24.4 Å². The Hall–Kier alpha value is -1.67. The van der Waals surface area contributed by atoms with Crippen molar-refractivity contribution in [3.8, 4) is 0 Å². The lowest BCUT2D eigenvalue weighted by atomic mass is 9.80. The zero-order valence-corrected chi connectivity index (χ0v) is 15.4. The molecule has 0 unspecified atom stereocenters. The SMILES string of the molecule is CN=C(NCc1noc(C)n1)NCC1(N2CCOCC2)CCCCC1. The molecule has 0 bridgehead atoms. The molecule has 0 aromatic carbocycles. The highest BCUT2D eigenvalue weighted by Gasteiger charge is 2.38. The lowest BCUT2D eigenvalue weighted by Gasteiger charge is -2.48. The lowest BCUT2D eigenvalue weighted by molar-refractivity contribution is -0.0352. The van der Waals surface area contributed by atoms with Gasteiger partial charge in [0.05, 0.1) is 19.8 Å². The highest BCUT2D eigenvalue weighted by Crippen LogP contribution is 2.33. The number of aryl methyl sites for hydroxylation is 1. The van der Waals surface area contributed by atoms with Crippen LogP contribution >= 0.6 is 0 Å². The van der Waals surface area contributed by atoms with Crippen molar-refractivity contribution in [3.63, 3.8) is 0 Å². The van der Waals surface area contributed by atoms with Gasteiger partial charge in [-0.2, -0.15) is 4.98 Å². The molecule has 1 aromatic heterocycles. The third-order valence-corrected chi connectivity index (χ3v) is 5.26. The van der Waals surface area contributed by atoms with Gasteiger partial charge < -0.3 is 19.9 Å². The van der Waals surface area contributed by atoms with Crippen molar-refractivity contribution in [2.75, 3.05) is 39.9 Å². The second-order valence-corrected chi connectivity index (χ2v) is 6.89. The Morgan fingerprint density at radius 2 is 1.96 bits per heavy atom. The van der Waals surface area contributed by atoms with Crippen molar-refractivity contribution in [1.29, 1.82) is 0 Å². The number of aliphatic imine (C=N–C) groups is 1. The molecule has 0 radical (unpaired) electrons. The van der Waals surface area contributed by atoms with Crippen LogP contribution in [-0.4, -0.2) is 66.4 Å². The van der Waals surface area contributed by atoms with Gasteiger partial charge >= 0.3 is 0 Å². The van der Waals surface area contributed by atoms with Gasteiger partial charge in [0, 0.05) is 39.1 Å². The normalized spacial score (nSPS) is 21.9. The van der Waals surface area contributed by atoms with Crippen LogP contribution in [0.4, 0.5) is 0 Å². The van der Waals surface area contributed by atoms with Crippen LogP contribution in [0.15, 0.2) is 9.52 Å². The fraction of sp³-hybridized carbons (Fsp3) is 0.824. The van der Waals surface area contributed by atoms with Crippen LogP contribution in [0.3, 0.4) is 0 Å². The van der Waals surface area contributed by atoms with E-state index >= 15 is 0 Å². The summed E-state index contributed by atoms with van der Waals surface area (Å²) >= 11 is 0. The Kier molecular flexibility index (Phi) is 6.25. The van der Waals surface area contributed by atoms with E-state index in [9.17, 15) is 0 Å². The molecule has 2 heterocycles. The number of morpholine rings is 1. The molecule has 0 spiro atoms. The van der Waals surface area contributed by atoms with E-state index < -0.39 is 0 Å². The predicted octanol–water partition coefficient (Wildman–Crippen LogP) is 1.08. The summed E-state index contributed by atoms with van der Waals surface area (Å²) < 4.78 is 10.6. The average molecular weight is 350 g/mol. The summed E-state index contributed by atoms with van der Waals surface area (Å²) in [6.07, 6.45) is 6.42. The molecule has 3 rings (SSSR count). The first-order valence-corrected chi connectivity index (χ1v) is 9.28. The van der Waals surface area contributed by atoms with E-state index in [1.165, 1.54) is 32.1 Å². The fourth-order valence-corrected chi connectivity index (χ4v) is 3.90. The minimum Gasteiger partial charge on any atom is -0.379 e. The topological polar surface area (TPSA) is 87.8 Å². The average Bonchev–Trinajstić information content (AvgIpc) is 3.08. The molecule has 25 heavy (non-hydrogen) atoms. The van der Waals surface area contributed by atoms with Crippen LogP contribution in [0.2, 0.25) is 0 Å². The van der Waals surface area contributed by atoms with Crippen molar-refractivity contribution in [1.82, 2.24) is 25.7 Å². The van der Waals surface area contributed by atoms with Crippen LogP contribution in [0.1, 0.15) is 43.8 Å². The number of rotatable bonds is 5. The van der Waals surface area contributed by atoms with E-state index in [0.717, 1.165) is 38.8 Å². The van der Waals surface area contributed by atoms with Gasteiger partial charge in [-0.3, -0.25) is 9.89 Å². The summed E-state index contributed by atoms with van der Waals surface area (Å²) in [5, 5.41) is 10.7. The summed E-state index contributed by atoms with van der Waals surface area (Å²) in [5.41, 5.74) is 0.211. The summed E-state index contributed by atoms with van der Waals surface area (Å²) in [4.78, 5) is 11.2. The molecule has 0 atom stereocenters. The maximum absolute atomic E-state index is 5.55. The molecule has 8 heteroatoms. The molecule has 2 fully saturated rings. The molecule has 1 aromatic rings. The standard InChI is InChI=1S/C17H30N6O2/c1-14-21-15(22-25-14)12-19-16(18-2)20-13-17(6-4-3-5-7-17)23-8-10-24-11-9-23/h3-13H2,1-2H3,(H2,18,19,20). The van der Waals surface area contributed by atoms with Crippen molar-refractivity contribution >= 4 is 5.96 Å². The smallest absolute Gasteiger partial charge is 0.223 e. The molecule has 140 valence electrons. The summed E-state index contributed by atoms with van der Waals surface area (Å²) in [6.45, 7) is 6.92. The third kappa shape index (κ3) is 4.70. The summed E-state index contributed by atoms with van der Waals surface area (Å²) in [5.74, 6) is 2.00. The second-order valence-electron chi connectivity index (χ2n) is 6.89. The monoisotopic (exact) mass is 350 g/mol. The quantitative estimate of drug-likeness (QED) is 0.607. The minimum atomic E-state index is 0.211. The van der Waals surface area contributed by atoms with E-state index in [4.69, 9.17) is 9.26 Å². The van der Waals surface area contributed by atoms with E-state index in [0.29, 0.717) is 18.3 Å². The van der Waals surface area contributed by atoms with Gasteiger partial charge in [0.1, 0.15) is 0 Å². The Balaban J connectivity index is 1.57. The first-order valence-electron chi connectivity index (χ1n) is 9.28. The van der Waals surface area contributed by atoms with Crippen molar-refractivity contribution in [2.45, 2.75) is 51.1 Å². The molecule has 0 amide bonds. The minimum absolute atomic E-state index is 0.211. The number of hydrogen-bond acceptors (Lipinski definition) is 6. The molecule has 8 nitrogen and oxygen atoms in total. The van der Waals surface area contributed by atoms with Crippen molar-refractivity contribution in [3.05, 3.63) is 11.7 Å². The zero-order chi connectivity index (χ0) is 17.5. The number of ether oxygens (including phenoxy) is 1. The van der Waals surface area contributed by atoms with Crippen LogP contribution in [0, 0.1) is 6.92 Å². The number of nitrogens with one attached hydrogen (secondary N) is 2. The zero-order valence-electron chi connectivity index (χ0n) is 15.4. The first-order chi connectivity index (χ1) is 12.2. The van der Waals surface area contributed by atoms with Gasteiger partial charge in [-0.25, -0.2) is 0 Å². The number of guanidine groups is 1. The van der Waals surface area contributed by atoms with E-state index in [-0.39, 0.29) is 5.54 Å². The highest BCUT2D eigenvalue weighted by atomic mass is 16.5. The van der Waals surface area contributed by atoms with Gasteiger partial charge in [0.2, 0.25) is 5.89 Å². The summed E-state index contributed by atoms with van der Waals surface area (Å²) in [6, 6.07) is 0. The molecule has 1 saturated heterocycles. The van der Waals surface area contributed by atoms with Crippen LogP contribution in [-0.2, 0) is 11.3 Å². The number of nitrogens with zero attached hydrogens (tertiary/aromatic N) is 4. The molecule has 2 aliphatic rings. The van der Waals surface area contributed by atoms with E-state index in [1.807, 2.05) is 0 Å².